The number of ether oxygens (including phenoxy) is 1. The molecule has 0 N–H and O–H groups in total. The first-order chi connectivity index (χ1) is 9.70. The van der Waals surface area contributed by atoms with E-state index in [0.717, 1.165) is 18.4 Å². The molecule has 0 atom stereocenters. The minimum atomic E-state index is -0.199. The largest absolute Gasteiger partial charge is 0.469 e. The summed E-state index contributed by atoms with van der Waals surface area (Å²) in [5.41, 5.74) is 1.68. The molecule has 1 aromatic carbocycles. The minimum absolute atomic E-state index is 0.129. The number of esters is 1. The molecule has 0 fully saturated rings. The second kappa shape index (κ2) is 6.70. The molecule has 4 heteroatoms. The number of ketones is 1. The van der Waals surface area contributed by atoms with E-state index in [0.29, 0.717) is 17.7 Å². The van der Waals surface area contributed by atoms with Gasteiger partial charge in [0.1, 0.15) is 0 Å². The van der Waals surface area contributed by atoms with E-state index in [-0.39, 0.29) is 11.8 Å². The predicted molar refractivity (Wildman–Crippen MR) is 73.5 cm³/mol. The Morgan fingerprint density at radius 2 is 1.90 bits per heavy atom. The maximum absolute atomic E-state index is 12.0. The van der Waals surface area contributed by atoms with Gasteiger partial charge in [0.2, 0.25) is 5.78 Å². The molecule has 0 bridgehead atoms. The Balaban J connectivity index is 1.93. The Hall–Kier alpha value is -2.36. The van der Waals surface area contributed by atoms with Crippen LogP contribution in [0.1, 0.15) is 34.5 Å². The normalized spacial score (nSPS) is 10.2. The Morgan fingerprint density at radius 1 is 1.15 bits per heavy atom. The molecule has 104 valence electrons. The highest BCUT2D eigenvalue weighted by molar-refractivity contribution is 6.07. The van der Waals surface area contributed by atoms with Crippen LogP contribution in [0.25, 0.3) is 0 Å². The van der Waals surface area contributed by atoms with Crippen molar-refractivity contribution in [2.24, 2.45) is 0 Å². The second-order valence-corrected chi connectivity index (χ2v) is 4.43. The van der Waals surface area contributed by atoms with Crippen molar-refractivity contribution in [3.8, 4) is 0 Å². The quantitative estimate of drug-likeness (QED) is 0.599. The number of furan rings is 1. The summed E-state index contributed by atoms with van der Waals surface area (Å²) in [6.07, 6.45) is 3.40. The SMILES string of the molecule is COC(=O)CCCc1ccc(C(=O)c2ccco2)cc1. The summed E-state index contributed by atoms with van der Waals surface area (Å²) < 4.78 is 9.67. The van der Waals surface area contributed by atoms with Crippen LogP contribution >= 0.6 is 0 Å². The van der Waals surface area contributed by atoms with E-state index >= 15 is 0 Å². The van der Waals surface area contributed by atoms with Gasteiger partial charge < -0.3 is 9.15 Å². The average Bonchev–Trinajstić information content (AvgIpc) is 3.01. The molecule has 2 rings (SSSR count). The maximum Gasteiger partial charge on any atom is 0.305 e. The van der Waals surface area contributed by atoms with Gasteiger partial charge >= 0.3 is 5.97 Å². The van der Waals surface area contributed by atoms with Crippen molar-refractivity contribution in [3.63, 3.8) is 0 Å². The maximum atomic E-state index is 12.0. The van der Waals surface area contributed by atoms with Crippen LogP contribution in [0.4, 0.5) is 0 Å². The van der Waals surface area contributed by atoms with E-state index in [4.69, 9.17) is 4.42 Å². The van der Waals surface area contributed by atoms with Crippen LogP contribution in [0.5, 0.6) is 0 Å². The van der Waals surface area contributed by atoms with E-state index in [1.54, 1.807) is 24.3 Å². The summed E-state index contributed by atoms with van der Waals surface area (Å²) in [6, 6.07) is 10.7. The van der Waals surface area contributed by atoms with Gasteiger partial charge in [0.25, 0.3) is 0 Å². The van der Waals surface area contributed by atoms with Gasteiger partial charge in [-0.25, -0.2) is 0 Å². The molecular formula is C16H16O4. The molecule has 0 unspecified atom stereocenters. The molecule has 0 aliphatic rings. The van der Waals surface area contributed by atoms with Crippen LogP contribution in [0.2, 0.25) is 0 Å². The molecule has 0 aliphatic carbocycles. The van der Waals surface area contributed by atoms with E-state index in [1.807, 2.05) is 12.1 Å². The summed E-state index contributed by atoms with van der Waals surface area (Å²) in [5.74, 6) is 0.00849. The number of hydrogen-bond donors (Lipinski definition) is 0. The monoisotopic (exact) mass is 272 g/mol. The summed E-state index contributed by atoms with van der Waals surface area (Å²) in [6.45, 7) is 0. The van der Waals surface area contributed by atoms with E-state index in [9.17, 15) is 9.59 Å². The zero-order valence-corrected chi connectivity index (χ0v) is 11.3. The lowest BCUT2D eigenvalue weighted by Crippen LogP contribution is -2.01. The van der Waals surface area contributed by atoms with Gasteiger partial charge in [-0.2, -0.15) is 0 Å². The molecule has 0 aliphatic heterocycles. The fraction of sp³-hybridized carbons (Fsp3) is 0.250. The van der Waals surface area contributed by atoms with Gasteiger partial charge in [-0.15, -0.1) is 0 Å². The highest BCUT2D eigenvalue weighted by Crippen LogP contribution is 2.13. The number of benzene rings is 1. The summed E-state index contributed by atoms with van der Waals surface area (Å²) in [7, 11) is 1.39. The van der Waals surface area contributed by atoms with Gasteiger partial charge in [-0.05, 0) is 30.5 Å². The first-order valence-corrected chi connectivity index (χ1v) is 6.44. The van der Waals surface area contributed by atoms with Crippen molar-refractivity contribution in [2.75, 3.05) is 7.11 Å². The number of rotatable bonds is 6. The second-order valence-electron chi connectivity index (χ2n) is 4.43. The summed E-state index contributed by atoms with van der Waals surface area (Å²) in [5, 5.41) is 0. The lowest BCUT2D eigenvalue weighted by molar-refractivity contribution is -0.140. The lowest BCUT2D eigenvalue weighted by Gasteiger charge is -2.03. The Bertz CT molecular complexity index is 567. The minimum Gasteiger partial charge on any atom is -0.469 e. The highest BCUT2D eigenvalue weighted by atomic mass is 16.5. The van der Waals surface area contributed by atoms with E-state index in [2.05, 4.69) is 4.74 Å². The smallest absolute Gasteiger partial charge is 0.305 e. The predicted octanol–water partition coefficient (Wildman–Crippen LogP) is 3.01. The molecule has 0 saturated heterocycles. The van der Waals surface area contributed by atoms with E-state index in [1.165, 1.54) is 13.4 Å². The topological polar surface area (TPSA) is 56.5 Å². The molecule has 0 radical (unpaired) electrons. The standard InChI is InChI=1S/C16H16O4/c1-19-15(17)6-2-4-12-7-9-13(10-8-12)16(18)14-5-3-11-20-14/h3,5,7-11H,2,4,6H2,1H3. The van der Waals surface area contributed by atoms with Crippen LogP contribution in [-0.4, -0.2) is 18.9 Å². The molecule has 0 spiro atoms. The summed E-state index contributed by atoms with van der Waals surface area (Å²) in [4.78, 5) is 23.0. The van der Waals surface area contributed by atoms with Crippen molar-refractivity contribution in [1.82, 2.24) is 0 Å². The third-order valence-electron chi connectivity index (χ3n) is 3.04. The zero-order valence-electron chi connectivity index (χ0n) is 11.3. The lowest BCUT2D eigenvalue weighted by atomic mass is 10.0. The number of carbonyl (C=O) groups excluding carboxylic acids is 2. The van der Waals surface area contributed by atoms with Crippen LogP contribution in [0.15, 0.2) is 47.1 Å². The van der Waals surface area contributed by atoms with Crippen LogP contribution < -0.4 is 0 Å². The van der Waals surface area contributed by atoms with Crippen molar-refractivity contribution in [1.29, 1.82) is 0 Å². The van der Waals surface area contributed by atoms with Crippen molar-refractivity contribution in [2.45, 2.75) is 19.3 Å². The molecule has 2 aromatic rings. The van der Waals surface area contributed by atoms with Crippen molar-refractivity contribution < 1.29 is 18.7 Å². The zero-order chi connectivity index (χ0) is 14.4. The molecule has 4 nitrogen and oxygen atoms in total. The molecular weight excluding hydrogens is 256 g/mol. The number of aryl methyl sites for hydroxylation is 1. The van der Waals surface area contributed by atoms with E-state index < -0.39 is 0 Å². The highest BCUT2D eigenvalue weighted by Gasteiger charge is 2.11. The Morgan fingerprint density at radius 3 is 2.50 bits per heavy atom. The number of methoxy groups -OCH3 is 1. The Labute approximate surface area is 117 Å². The fourth-order valence-electron chi connectivity index (χ4n) is 1.91. The van der Waals surface area contributed by atoms with Crippen LogP contribution in [0, 0.1) is 0 Å². The molecule has 0 saturated carbocycles. The summed E-state index contributed by atoms with van der Waals surface area (Å²) >= 11 is 0. The molecule has 0 amide bonds. The first kappa shape index (κ1) is 14.1. The van der Waals surface area contributed by atoms with Gasteiger partial charge in [0.15, 0.2) is 5.76 Å². The van der Waals surface area contributed by atoms with Gasteiger partial charge in [-0.3, -0.25) is 9.59 Å². The van der Waals surface area contributed by atoms with Gasteiger partial charge in [0, 0.05) is 12.0 Å². The third-order valence-corrected chi connectivity index (χ3v) is 3.04. The molecule has 20 heavy (non-hydrogen) atoms. The van der Waals surface area contributed by atoms with Gasteiger partial charge in [-0.1, -0.05) is 24.3 Å². The first-order valence-electron chi connectivity index (χ1n) is 6.44. The average molecular weight is 272 g/mol. The number of carbonyl (C=O) groups is 2. The Kier molecular flexibility index (Phi) is 4.71. The third kappa shape index (κ3) is 3.57. The fourth-order valence-corrected chi connectivity index (χ4v) is 1.91. The van der Waals surface area contributed by atoms with Crippen LogP contribution in [0.3, 0.4) is 0 Å². The van der Waals surface area contributed by atoms with Gasteiger partial charge in [0.05, 0.1) is 13.4 Å². The molecule has 1 aromatic heterocycles. The van der Waals surface area contributed by atoms with Crippen molar-refractivity contribution >= 4 is 11.8 Å². The van der Waals surface area contributed by atoms with Crippen LogP contribution in [-0.2, 0) is 16.0 Å². The molecule has 1 heterocycles. The van der Waals surface area contributed by atoms with Crippen molar-refractivity contribution in [3.05, 3.63) is 59.5 Å². The number of hydrogen-bond acceptors (Lipinski definition) is 4.